The van der Waals surface area contributed by atoms with Crippen molar-refractivity contribution in [2.75, 3.05) is 0 Å². The summed E-state index contributed by atoms with van der Waals surface area (Å²) >= 11 is 0. The smallest absolute Gasteiger partial charge is 0.145 e. The number of ether oxygens (including phenoxy) is 1. The molecule has 0 radical (unpaired) electrons. The lowest BCUT2D eigenvalue weighted by atomic mass is 9.84. The third-order valence-electron chi connectivity index (χ3n) is 9.85. The molecule has 0 saturated carbocycles. The van der Waals surface area contributed by atoms with Crippen LogP contribution in [0.3, 0.4) is 0 Å². The highest BCUT2D eigenvalue weighted by molar-refractivity contribution is 6.14. The van der Waals surface area contributed by atoms with Crippen molar-refractivity contribution in [1.29, 1.82) is 0 Å². The van der Waals surface area contributed by atoms with Crippen LogP contribution in [-0.4, -0.2) is 18.9 Å². The number of benzene rings is 5. The largest absolute Gasteiger partial charge is 0.457 e. The van der Waals surface area contributed by atoms with E-state index >= 15 is 0 Å². The minimum Gasteiger partial charge on any atom is -0.457 e. The van der Waals surface area contributed by atoms with Gasteiger partial charge < -0.3 is 4.74 Å². The van der Waals surface area contributed by atoms with Gasteiger partial charge in [0.15, 0.2) is 0 Å². The number of para-hydroxylation sites is 2. The summed E-state index contributed by atoms with van der Waals surface area (Å²) in [5.74, 6) is 2.40. The number of hydrogen-bond acceptors (Lipinski definition) is 3. The topological polar surface area (TPSA) is 44.3 Å². The summed E-state index contributed by atoms with van der Waals surface area (Å²) < 4.78 is 11.3. The summed E-state index contributed by atoms with van der Waals surface area (Å²) in [5.41, 5.74) is 10.3. The van der Waals surface area contributed by atoms with E-state index < -0.39 is 0 Å². The van der Waals surface area contributed by atoms with Gasteiger partial charge >= 0.3 is 0 Å². The first-order valence-electron chi connectivity index (χ1n) is 16.8. The fraction of sp³-hybridized carbons (Fsp3) is 0.136. The Hall–Kier alpha value is -5.94. The van der Waals surface area contributed by atoms with Crippen LogP contribution in [0.1, 0.15) is 37.5 Å². The number of imidazole rings is 1. The number of hydrogen-bond donors (Lipinski definition) is 0. The molecule has 0 bridgehead atoms. The lowest BCUT2D eigenvalue weighted by Crippen LogP contribution is -2.13. The molecule has 0 spiro atoms. The molecule has 0 fully saturated rings. The number of pyridine rings is 2. The first-order chi connectivity index (χ1) is 23.8. The van der Waals surface area contributed by atoms with Crippen molar-refractivity contribution in [2.45, 2.75) is 40.0 Å². The summed E-state index contributed by atoms with van der Waals surface area (Å²) in [6, 6.07) is 40.4. The Morgan fingerprint density at radius 3 is 2.06 bits per heavy atom. The van der Waals surface area contributed by atoms with E-state index in [1.165, 1.54) is 38.5 Å². The molecule has 49 heavy (non-hydrogen) atoms. The zero-order valence-corrected chi connectivity index (χ0v) is 28.3. The Kier molecular flexibility index (Phi) is 6.44. The van der Waals surface area contributed by atoms with E-state index in [4.69, 9.17) is 14.7 Å². The number of aromatic nitrogens is 4. The van der Waals surface area contributed by atoms with Crippen molar-refractivity contribution >= 4 is 49.1 Å². The lowest BCUT2D eigenvalue weighted by molar-refractivity contribution is 0.484. The van der Waals surface area contributed by atoms with Crippen LogP contribution in [0.5, 0.6) is 11.5 Å². The van der Waals surface area contributed by atoms with Gasteiger partial charge in [-0.05, 0) is 89.9 Å². The van der Waals surface area contributed by atoms with Crippen LogP contribution in [0.15, 0.2) is 128 Å². The van der Waals surface area contributed by atoms with Crippen LogP contribution in [0, 0.1) is 13.8 Å². The van der Waals surface area contributed by atoms with E-state index in [-0.39, 0.29) is 5.41 Å². The van der Waals surface area contributed by atoms with E-state index in [2.05, 4.69) is 141 Å². The molecule has 0 aliphatic heterocycles. The molecule has 5 aromatic carbocycles. The first-order valence-corrected chi connectivity index (χ1v) is 16.8. The van der Waals surface area contributed by atoms with Crippen molar-refractivity contribution in [3.63, 3.8) is 0 Å². The second kappa shape index (κ2) is 10.8. The van der Waals surface area contributed by atoms with E-state index in [9.17, 15) is 0 Å². The Balaban J connectivity index is 1.26. The first kappa shape index (κ1) is 29.2. The summed E-state index contributed by atoms with van der Waals surface area (Å²) in [5, 5.41) is 5.76. The van der Waals surface area contributed by atoms with Crippen LogP contribution in [0.25, 0.3) is 66.2 Å². The number of aryl methyl sites for hydroxylation is 2. The van der Waals surface area contributed by atoms with Gasteiger partial charge in [-0.25, -0.2) is 9.97 Å². The maximum atomic E-state index is 6.68. The van der Waals surface area contributed by atoms with Gasteiger partial charge in [0.25, 0.3) is 0 Å². The second-order valence-corrected chi connectivity index (χ2v) is 14.0. The molecule has 0 amide bonds. The van der Waals surface area contributed by atoms with E-state index in [1.807, 2.05) is 30.6 Å². The number of nitrogens with zero attached hydrogens (tertiary/aromatic N) is 4. The van der Waals surface area contributed by atoms with E-state index in [1.54, 1.807) is 0 Å². The molecule has 5 heteroatoms. The average Bonchev–Trinajstić information content (AvgIpc) is 3.68. The Labute approximate surface area is 285 Å². The summed E-state index contributed by atoms with van der Waals surface area (Å²) in [7, 11) is 0. The zero-order chi connectivity index (χ0) is 33.4. The molecule has 4 aromatic heterocycles. The van der Waals surface area contributed by atoms with Gasteiger partial charge in [0.05, 0.1) is 28.4 Å². The van der Waals surface area contributed by atoms with Gasteiger partial charge in [-0.15, -0.1) is 0 Å². The van der Waals surface area contributed by atoms with Gasteiger partial charge in [-0.2, -0.15) is 0 Å². The van der Waals surface area contributed by atoms with Crippen LogP contribution in [-0.2, 0) is 5.41 Å². The van der Waals surface area contributed by atoms with Gasteiger partial charge in [0, 0.05) is 39.4 Å². The van der Waals surface area contributed by atoms with Gasteiger partial charge in [-0.3, -0.25) is 8.97 Å². The molecule has 9 rings (SSSR count). The van der Waals surface area contributed by atoms with Crippen molar-refractivity contribution < 1.29 is 4.74 Å². The fourth-order valence-corrected chi connectivity index (χ4v) is 7.66. The molecule has 0 aliphatic carbocycles. The quantitative estimate of drug-likeness (QED) is 0.181. The number of rotatable bonds is 4. The maximum absolute atomic E-state index is 6.68. The summed E-state index contributed by atoms with van der Waals surface area (Å²) in [6.45, 7) is 11.2. The Bertz CT molecular complexity index is 2730. The summed E-state index contributed by atoms with van der Waals surface area (Å²) in [4.78, 5) is 9.83. The van der Waals surface area contributed by atoms with Crippen molar-refractivity contribution in [3.05, 3.63) is 144 Å². The Morgan fingerprint density at radius 1 is 0.592 bits per heavy atom. The lowest BCUT2D eigenvalue weighted by Gasteiger charge is -2.24. The maximum Gasteiger partial charge on any atom is 0.145 e. The Morgan fingerprint density at radius 2 is 1.29 bits per heavy atom. The molecule has 9 aromatic rings. The highest BCUT2D eigenvalue weighted by atomic mass is 16.5. The molecule has 0 atom stereocenters. The fourth-order valence-electron chi connectivity index (χ4n) is 7.66. The van der Waals surface area contributed by atoms with E-state index in [0.29, 0.717) is 0 Å². The van der Waals surface area contributed by atoms with Crippen LogP contribution in [0.4, 0.5) is 0 Å². The van der Waals surface area contributed by atoms with Gasteiger partial charge in [-0.1, -0.05) is 81.4 Å². The molecule has 5 nitrogen and oxygen atoms in total. The van der Waals surface area contributed by atoms with Crippen LogP contribution in [0.2, 0.25) is 0 Å². The van der Waals surface area contributed by atoms with Gasteiger partial charge in [0.2, 0.25) is 0 Å². The predicted octanol–water partition coefficient (Wildman–Crippen LogP) is 11.5. The zero-order valence-electron chi connectivity index (χ0n) is 28.3. The molecule has 0 aliphatic rings. The average molecular weight is 637 g/mol. The second-order valence-electron chi connectivity index (χ2n) is 14.0. The minimum absolute atomic E-state index is 0.0676. The molecular formula is C44H36N4O. The predicted molar refractivity (Wildman–Crippen MR) is 202 cm³/mol. The van der Waals surface area contributed by atoms with Crippen molar-refractivity contribution in [1.82, 2.24) is 18.9 Å². The SMILES string of the molecule is Cc1cccc(C)c1-c1cnc2c3cc(Oc4ccc5c6ccccc6n(-c6ccccn6)c5c4)ccc3c3cccc(C(C)(C)C)c3n12. The molecule has 238 valence electrons. The molecule has 0 unspecified atom stereocenters. The monoisotopic (exact) mass is 636 g/mol. The standard InChI is InChI=1S/C44H36N4O/c1-27-12-10-13-28(2)41(27)39-26-46-43-35-24-29(19-21-31(35)34-15-11-16-36(44(3,4)5)42(34)48(39)43)49-30-20-22-33-32-14-6-7-17-37(32)47(38(33)25-30)40-18-8-9-23-45-40/h6-26H,1-5H3. The highest BCUT2D eigenvalue weighted by Crippen LogP contribution is 2.41. The third kappa shape index (κ3) is 4.53. The summed E-state index contributed by atoms with van der Waals surface area (Å²) in [6.07, 6.45) is 3.88. The van der Waals surface area contributed by atoms with Crippen LogP contribution >= 0.6 is 0 Å². The van der Waals surface area contributed by atoms with Crippen molar-refractivity contribution in [2.24, 2.45) is 0 Å². The van der Waals surface area contributed by atoms with E-state index in [0.717, 1.165) is 55.9 Å². The molecule has 0 N–H and O–H groups in total. The third-order valence-corrected chi connectivity index (χ3v) is 9.85. The highest BCUT2D eigenvalue weighted by Gasteiger charge is 2.24. The molecular weight excluding hydrogens is 601 g/mol. The molecule has 0 saturated heterocycles. The molecule has 4 heterocycles. The van der Waals surface area contributed by atoms with Crippen LogP contribution < -0.4 is 4.74 Å². The minimum atomic E-state index is -0.0676. The van der Waals surface area contributed by atoms with Crippen molar-refractivity contribution in [3.8, 4) is 28.6 Å². The number of fused-ring (bicyclic) bond motifs is 9. The van der Waals surface area contributed by atoms with Gasteiger partial charge in [0.1, 0.15) is 23.0 Å². The normalized spacial score (nSPS) is 12.2.